The molecule has 0 aliphatic heterocycles. The van der Waals surface area contributed by atoms with E-state index in [1.165, 1.54) is 11.1 Å². The first-order chi connectivity index (χ1) is 13.3. The lowest BCUT2D eigenvalue weighted by Gasteiger charge is -2.20. The third-order valence-corrected chi connectivity index (χ3v) is 5.33. The molecule has 2 atom stereocenters. The molecule has 2 unspecified atom stereocenters. The molecule has 2 aromatic carbocycles. The third kappa shape index (κ3) is 4.71. The van der Waals surface area contributed by atoms with Gasteiger partial charge < -0.3 is 11.5 Å². The van der Waals surface area contributed by atoms with E-state index in [-0.39, 0.29) is 33.3 Å². The minimum Gasteiger partial charge on any atom is -0.327 e. The topological polar surface area (TPSA) is 138 Å². The van der Waals surface area contributed by atoms with E-state index < -0.39 is 0 Å². The molecule has 4 rings (SSSR count). The first-order valence-corrected chi connectivity index (χ1v) is 9.37. The molecule has 8 nitrogen and oxygen atoms in total. The Hall–Kier alpha value is -2.84. The highest BCUT2D eigenvalue weighted by Gasteiger charge is 2.19. The summed E-state index contributed by atoms with van der Waals surface area (Å²) in [6.07, 6.45) is 5.35. The van der Waals surface area contributed by atoms with Crippen molar-refractivity contribution in [2.24, 2.45) is 11.5 Å². The Morgan fingerprint density at radius 1 is 0.714 bits per heavy atom. The van der Waals surface area contributed by atoms with Crippen molar-refractivity contribution in [3.05, 3.63) is 78.9 Å². The van der Waals surface area contributed by atoms with Gasteiger partial charge in [0.15, 0.2) is 0 Å². The van der Waals surface area contributed by atoms with Crippen LogP contribution in [0.1, 0.15) is 35.1 Å². The van der Waals surface area contributed by atoms with E-state index >= 15 is 0 Å². The molecule has 0 saturated heterocycles. The monoisotopic (exact) mass is 384 g/mol. The van der Waals surface area contributed by atoms with Gasteiger partial charge in [0, 0.05) is 36.3 Å². The third-order valence-electron chi connectivity index (χ3n) is 5.33. The Morgan fingerprint density at radius 3 is 1.46 bits per heavy atom. The summed E-state index contributed by atoms with van der Waals surface area (Å²) in [5.41, 5.74) is 16.4. The summed E-state index contributed by atoms with van der Waals surface area (Å²) in [7, 11) is 0. The number of nitrogens with zero attached hydrogens (tertiary/aromatic N) is 2. The highest BCUT2D eigenvalue weighted by atomic mass is 16.6. The van der Waals surface area contributed by atoms with Crippen molar-refractivity contribution in [3.8, 4) is 0 Å². The molecule has 148 valence electrons. The molecule has 0 fully saturated rings. The largest absolute Gasteiger partial charge is 0.327 e. The summed E-state index contributed by atoms with van der Waals surface area (Å²) in [5, 5.41) is 21.1. The Bertz CT molecular complexity index is 826. The normalized spacial score (nSPS) is 20.2. The minimum absolute atomic E-state index is 0.157. The van der Waals surface area contributed by atoms with Crippen LogP contribution < -0.4 is 11.5 Å². The van der Waals surface area contributed by atoms with Gasteiger partial charge in [-0.15, -0.1) is 0 Å². The van der Waals surface area contributed by atoms with Crippen molar-refractivity contribution in [1.82, 2.24) is 0 Å². The summed E-state index contributed by atoms with van der Waals surface area (Å²) in [4.78, 5) is 20.4. The van der Waals surface area contributed by atoms with Crippen molar-refractivity contribution in [1.29, 1.82) is 0 Å². The minimum atomic E-state index is -0.361. The van der Waals surface area contributed by atoms with Crippen LogP contribution in [0.25, 0.3) is 0 Å². The lowest BCUT2D eigenvalue weighted by molar-refractivity contribution is -0.385. The quantitative estimate of drug-likeness (QED) is 0.603. The summed E-state index contributed by atoms with van der Waals surface area (Å²) < 4.78 is 0. The van der Waals surface area contributed by atoms with Gasteiger partial charge in [0.05, 0.1) is 9.85 Å². The molecule has 0 spiro atoms. The van der Waals surface area contributed by atoms with Crippen LogP contribution in [0.5, 0.6) is 0 Å². The fourth-order valence-corrected chi connectivity index (χ4v) is 3.77. The first kappa shape index (κ1) is 19.9. The molecular formula is C20H24N4O4. The number of nitro groups is 2. The zero-order chi connectivity index (χ0) is 20.3. The second-order valence-electron chi connectivity index (χ2n) is 7.43. The highest BCUT2D eigenvalue weighted by molar-refractivity contribution is 5.42. The van der Waals surface area contributed by atoms with E-state index in [0.717, 1.165) is 49.7 Å². The maximum atomic E-state index is 10.5. The first-order valence-electron chi connectivity index (χ1n) is 9.37. The number of fused-ring (bicyclic) bond motifs is 2. The number of benzene rings is 2. The average molecular weight is 384 g/mol. The van der Waals surface area contributed by atoms with Crippen LogP contribution >= 0.6 is 0 Å². The molecule has 2 aliphatic rings. The fourth-order valence-electron chi connectivity index (χ4n) is 3.77. The van der Waals surface area contributed by atoms with E-state index in [9.17, 15) is 20.2 Å². The molecule has 0 aromatic heterocycles. The standard InChI is InChI=1S/2C10H12N2O2/c2*11-9-3-1-7-2-4-10(12(13)14)6-8(7)5-9/h2*2,4,6,9H,1,3,5,11H2. The predicted molar refractivity (Wildman–Crippen MR) is 106 cm³/mol. The summed E-state index contributed by atoms with van der Waals surface area (Å²) >= 11 is 0. The van der Waals surface area contributed by atoms with Crippen LogP contribution in [-0.2, 0) is 25.7 Å². The van der Waals surface area contributed by atoms with Crippen molar-refractivity contribution in [2.45, 2.75) is 50.6 Å². The van der Waals surface area contributed by atoms with Crippen LogP contribution in [0, 0.1) is 20.2 Å². The Kier molecular flexibility index (Phi) is 6.01. The summed E-state index contributed by atoms with van der Waals surface area (Å²) in [5.74, 6) is 0. The number of nitrogens with two attached hydrogens (primary N) is 2. The van der Waals surface area contributed by atoms with Gasteiger partial charge in [0.25, 0.3) is 11.4 Å². The van der Waals surface area contributed by atoms with E-state index in [1.54, 1.807) is 24.3 Å². The molecule has 8 heteroatoms. The van der Waals surface area contributed by atoms with Crippen molar-refractivity contribution >= 4 is 11.4 Å². The van der Waals surface area contributed by atoms with Crippen molar-refractivity contribution < 1.29 is 9.85 Å². The van der Waals surface area contributed by atoms with Crippen LogP contribution in [0.15, 0.2) is 36.4 Å². The van der Waals surface area contributed by atoms with Crippen LogP contribution in [0.3, 0.4) is 0 Å². The summed E-state index contributed by atoms with van der Waals surface area (Å²) in [6.45, 7) is 0. The molecule has 0 amide bonds. The molecule has 2 aromatic rings. The number of hydrogen-bond donors (Lipinski definition) is 2. The smallest absolute Gasteiger partial charge is 0.269 e. The van der Waals surface area contributed by atoms with E-state index in [4.69, 9.17) is 11.5 Å². The maximum Gasteiger partial charge on any atom is 0.269 e. The predicted octanol–water partition coefficient (Wildman–Crippen LogP) is 2.82. The second-order valence-corrected chi connectivity index (χ2v) is 7.43. The lowest BCUT2D eigenvalue weighted by atomic mass is 9.88. The number of rotatable bonds is 2. The molecule has 0 radical (unpaired) electrons. The van der Waals surface area contributed by atoms with E-state index in [2.05, 4.69) is 0 Å². The van der Waals surface area contributed by atoms with Gasteiger partial charge in [0.2, 0.25) is 0 Å². The van der Waals surface area contributed by atoms with Gasteiger partial charge in [-0.2, -0.15) is 0 Å². The number of hydrogen-bond acceptors (Lipinski definition) is 6. The second kappa shape index (κ2) is 8.45. The van der Waals surface area contributed by atoms with Crippen LogP contribution in [0.4, 0.5) is 11.4 Å². The molecule has 0 heterocycles. The zero-order valence-electron chi connectivity index (χ0n) is 15.5. The van der Waals surface area contributed by atoms with Gasteiger partial charge >= 0.3 is 0 Å². The molecular weight excluding hydrogens is 360 g/mol. The Balaban J connectivity index is 0.000000161. The number of non-ortho nitro benzene ring substituents is 2. The van der Waals surface area contributed by atoms with Crippen LogP contribution in [0.2, 0.25) is 0 Å². The molecule has 4 N–H and O–H groups in total. The van der Waals surface area contributed by atoms with Gasteiger partial charge in [-0.05, 0) is 60.8 Å². The Labute approximate surface area is 162 Å². The van der Waals surface area contributed by atoms with Gasteiger partial charge in [-0.3, -0.25) is 20.2 Å². The fraction of sp³-hybridized carbons (Fsp3) is 0.400. The number of nitro benzene ring substituents is 2. The van der Waals surface area contributed by atoms with Crippen LogP contribution in [-0.4, -0.2) is 21.9 Å². The molecule has 28 heavy (non-hydrogen) atoms. The molecule has 0 bridgehead atoms. The number of aryl methyl sites for hydroxylation is 2. The zero-order valence-corrected chi connectivity index (χ0v) is 15.5. The van der Waals surface area contributed by atoms with Crippen molar-refractivity contribution in [3.63, 3.8) is 0 Å². The van der Waals surface area contributed by atoms with E-state index in [1.807, 2.05) is 12.1 Å². The van der Waals surface area contributed by atoms with Gasteiger partial charge in [-0.25, -0.2) is 0 Å². The Morgan fingerprint density at radius 2 is 1.11 bits per heavy atom. The van der Waals surface area contributed by atoms with Gasteiger partial charge in [-0.1, -0.05) is 12.1 Å². The van der Waals surface area contributed by atoms with Gasteiger partial charge in [0.1, 0.15) is 0 Å². The molecule has 0 saturated carbocycles. The van der Waals surface area contributed by atoms with E-state index in [0.29, 0.717) is 0 Å². The lowest BCUT2D eigenvalue weighted by Crippen LogP contribution is -2.27. The maximum absolute atomic E-state index is 10.5. The highest BCUT2D eigenvalue weighted by Crippen LogP contribution is 2.25. The average Bonchev–Trinajstić information content (AvgIpc) is 2.67. The SMILES string of the molecule is NC1CCc2ccc([N+](=O)[O-])cc2C1.NC1CCc2ccc([N+](=O)[O-])cc2C1. The summed E-state index contributed by atoms with van der Waals surface area (Å²) in [6, 6.07) is 10.4. The van der Waals surface area contributed by atoms with Crippen molar-refractivity contribution in [2.75, 3.05) is 0 Å². The molecule has 2 aliphatic carbocycles.